The number of Topliss-reactive ketones (excluding diaryl/α,β-unsaturated/α-hetero) is 1. The number of hydrogen-bond acceptors (Lipinski definition) is 6. The average molecular weight is 445 g/mol. The van der Waals surface area contributed by atoms with Gasteiger partial charge in [0.25, 0.3) is 0 Å². The Morgan fingerprint density at radius 2 is 2.00 bits per heavy atom. The maximum absolute atomic E-state index is 14.3. The molecule has 0 aliphatic heterocycles. The highest BCUT2D eigenvalue weighted by atomic mass is 16.6. The van der Waals surface area contributed by atoms with Crippen LogP contribution >= 0.6 is 0 Å². The minimum Gasteiger partial charge on any atom is -0.451 e. The van der Waals surface area contributed by atoms with Gasteiger partial charge in [-0.2, -0.15) is 0 Å². The van der Waals surface area contributed by atoms with Gasteiger partial charge in [0.05, 0.1) is 12.0 Å². The number of allylic oxidation sites excluding steroid dienone is 2. The summed E-state index contributed by atoms with van der Waals surface area (Å²) in [5.41, 5.74) is -1.86. The summed E-state index contributed by atoms with van der Waals surface area (Å²) in [5.74, 6) is -0.810. The highest BCUT2D eigenvalue weighted by Crippen LogP contribution is 2.71. The van der Waals surface area contributed by atoms with E-state index >= 15 is 0 Å². The molecule has 2 fully saturated rings. The standard InChI is InChI=1S/C26H36O6/c1-8-13(2)23(29)32-22-14(3)11-25-15(4)9-18-19(24(18,5)6)17(21(25)28)10-16(12-31-7)20(27)26(22,25)30/h8,10-11,15,17-20,22,27,30H,9,12H2,1-7H3/b13-8-/t15-,17+,18-,19+,20-,22+,25+,26+/m1/s1. The topological polar surface area (TPSA) is 93.1 Å². The van der Waals surface area contributed by atoms with Crippen molar-refractivity contribution in [2.75, 3.05) is 13.7 Å². The highest BCUT2D eigenvalue weighted by molar-refractivity contribution is 5.96. The molecule has 4 rings (SSSR count). The summed E-state index contributed by atoms with van der Waals surface area (Å²) in [7, 11) is 1.52. The number of carbonyl (C=O) groups excluding carboxylic acids is 2. The zero-order valence-electron chi connectivity index (χ0n) is 20.1. The molecule has 176 valence electrons. The fourth-order valence-corrected chi connectivity index (χ4v) is 7.07. The molecule has 0 aromatic heterocycles. The lowest BCUT2D eigenvalue weighted by molar-refractivity contribution is -0.201. The van der Waals surface area contributed by atoms with Gasteiger partial charge in [0.1, 0.15) is 6.10 Å². The largest absolute Gasteiger partial charge is 0.451 e. The van der Waals surface area contributed by atoms with E-state index in [1.54, 1.807) is 32.9 Å². The Morgan fingerprint density at radius 3 is 2.59 bits per heavy atom. The molecule has 2 N–H and O–H groups in total. The zero-order chi connectivity index (χ0) is 23.8. The molecule has 0 saturated heterocycles. The Morgan fingerprint density at radius 1 is 1.34 bits per heavy atom. The minimum atomic E-state index is -2.00. The van der Waals surface area contributed by atoms with E-state index in [0.29, 0.717) is 22.6 Å². The van der Waals surface area contributed by atoms with Crippen molar-refractivity contribution < 1.29 is 29.3 Å². The van der Waals surface area contributed by atoms with Gasteiger partial charge in [-0.15, -0.1) is 0 Å². The molecule has 8 atom stereocenters. The highest BCUT2D eigenvalue weighted by Gasteiger charge is 2.76. The molecule has 1 spiro atoms. The van der Waals surface area contributed by atoms with Crippen molar-refractivity contribution in [3.05, 3.63) is 34.9 Å². The molecule has 4 aliphatic rings. The molecule has 2 saturated carbocycles. The van der Waals surface area contributed by atoms with Crippen LogP contribution < -0.4 is 0 Å². The summed E-state index contributed by atoms with van der Waals surface area (Å²) < 4.78 is 11.2. The van der Waals surface area contributed by atoms with Crippen LogP contribution in [-0.2, 0) is 19.1 Å². The lowest BCUT2D eigenvalue weighted by Crippen LogP contribution is -2.65. The molecule has 32 heavy (non-hydrogen) atoms. The molecule has 0 heterocycles. The van der Waals surface area contributed by atoms with Crippen molar-refractivity contribution >= 4 is 11.8 Å². The number of esters is 1. The number of aliphatic hydroxyl groups is 2. The van der Waals surface area contributed by atoms with Crippen molar-refractivity contribution in [3.8, 4) is 0 Å². The smallest absolute Gasteiger partial charge is 0.334 e. The van der Waals surface area contributed by atoms with Gasteiger partial charge in [-0.25, -0.2) is 4.79 Å². The van der Waals surface area contributed by atoms with Gasteiger partial charge in [-0.1, -0.05) is 39.0 Å². The van der Waals surface area contributed by atoms with Crippen LogP contribution in [0.3, 0.4) is 0 Å². The molecular formula is C26H36O6. The third-order valence-electron chi connectivity index (χ3n) is 9.01. The first-order valence-corrected chi connectivity index (χ1v) is 11.6. The third kappa shape index (κ3) is 2.75. The normalized spacial score (nSPS) is 44.5. The SMILES string of the molecule is C/C=C(/C)C(=O)O[C@H]1C(C)=C[C@]23C(=O)[C@@H](C=C(COC)[C@@H](O)[C@]12O)[C@H]1[C@@H](C[C@H]3C)C1(C)C. The van der Waals surface area contributed by atoms with Crippen molar-refractivity contribution in [3.63, 3.8) is 0 Å². The maximum Gasteiger partial charge on any atom is 0.334 e. The van der Waals surface area contributed by atoms with E-state index in [4.69, 9.17) is 9.47 Å². The summed E-state index contributed by atoms with van der Waals surface area (Å²) >= 11 is 0. The molecule has 0 aromatic carbocycles. The second-order valence-corrected chi connectivity index (χ2v) is 10.9. The fourth-order valence-electron chi connectivity index (χ4n) is 7.07. The van der Waals surface area contributed by atoms with Crippen LogP contribution in [0, 0.1) is 34.5 Å². The first-order chi connectivity index (χ1) is 14.9. The van der Waals surface area contributed by atoms with Gasteiger partial charge in [0, 0.05) is 18.6 Å². The fraction of sp³-hybridized carbons (Fsp3) is 0.692. The number of fused-ring (bicyclic) bond motifs is 3. The average Bonchev–Trinajstić information content (AvgIpc) is 3.23. The van der Waals surface area contributed by atoms with E-state index in [1.165, 1.54) is 7.11 Å². The summed E-state index contributed by atoms with van der Waals surface area (Å²) in [5, 5.41) is 24.0. The van der Waals surface area contributed by atoms with Crippen LogP contribution in [0.2, 0.25) is 0 Å². The van der Waals surface area contributed by atoms with Crippen molar-refractivity contribution in [1.29, 1.82) is 0 Å². The quantitative estimate of drug-likeness (QED) is 0.393. The molecule has 2 bridgehead atoms. The van der Waals surface area contributed by atoms with Gasteiger partial charge in [-0.3, -0.25) is 4.79 Å². The lowest BCUT2D eigenvalue weighted by Gasteiger charge is -2.48. The number of aliphatic hydroxyl groups excluding tert-OH is 1. The predicted octanol–water partition coefficient (Wildman–Crippen LogP) is 2.99. The van der Waals surface area contributed by atoms with E-state index in [0.717, 1.165) is 6.42 Å². The molecule has 4 aliphatic carbocycles. The van der Waals surface area contributed by atoms with Gasteiger partial charge < -0.3 is 19.7 Å². The zero-order valence-corrected chi connectivity index (χ0v) is 20.1. The second kappa shape index (κ2) is 7.37. The molecule has 0 amide bonds. The summed E-state index contributed by atoms with van der Waals surface area (Å²) in [6.45, 7) is 11.6. The molecule has 0 aromatic rings. The number of rotatable bonds is 4. The van der Waals surface area contributed by atoms with Crippen LogP contribution in [0.1, 0.15) is 48.0 Å². The minimum absolute atomic E-state index is 0.0184. The summed E-state index contributed by atoms with van der Waals surface area (Å²) in [6, 6.07) is 0. The lowest BCUT2D eigenvalue weighted by atomic mass is 9.59. The summed E-state index contributed by atoms with van der Waals surface area (Å²) in [4.78, 5) is 27.0. The monoisotopic (exact) mass is 444 g/mol. The Labute approximate surface area is 190 Å². The van der Waals surface area contributed by atoms with Crippen LogP contribution in [0.5, 0.6) is 0 Å². The van der Waals surface area contributed by atoms with Gasteiger partial charge >= 0.3 is 5.97 Å². The van der Waals surface area contributed by atoms with E-state index in [2.05, 4.69) is 13.8 Å². The molecule has 6 heteroatoms. The number of methoxy groups -OCH3 is 1. The van der Waals surface area contributed by atoms with Crippen molar-refractivity contribution in [1.82, 2.24) is 0 Å². The first-order valence-electron chi connectivity index (χ1n) is 11.6. The Hall–Kier alpha value is -1.76. The Balaban J connectivity index is 1.91. The Kier molecular flexibility index (Phi) is 5.39. The molecular weight excluding hydrogens is 408 g/mol. The van der Waals surface area contributed by atoms with E-state index < -0.39 is 35.1 Å². The van der Waals surface area contributed by atoms with Crippen LogP contribution in [0.25, 0.3) is 0 Å². The van der Waals surface area contributed by atoms with Crippen molar-refractivity contribution in [2.45, 2.75) is 65.8 Å². The predicted molar refractivity (Wildman–Crippen MR) is 119 cm³/mol. The second-order valence-electron chi connectivity index (χ2n) is 10.9. The van der Waals surface area contributed by atoms with E-state index in [9.17, 15) is 19.8 Å². The van der Waals surface area contributed by atoms with Gasteiger partial charge in [-0.05, 0) is 61.5 Å². The Bertz CT molecular complexity index is 942. The molecule has 0 unspecified atom stereocenters. The van der Waals surface area contributed by atoms with Crippen LogP contribution in [0.4, 0.5) is 0 Å². The molecule has 6 nitrogen and oxygen atoms in total. The van der Waals surface area contributed by atoms with Crippen LogP contribution in [0.15, 0.2) is 34.9 Å². The summed E-state index contributed by atoms with van der Waals surface area (Å²) in [6.07, 6.45) is 3.49. The van der Waals surface area contributed by atoms with E-state index in [1.807, 2.05) is 13.0 Å². The number of ether oxygens (including phenoxy) is 2. The van der Waals surface area contributed by atoms with Crippen LogP contribution in [-0.4, -0.2) is 53.5 Å². The van der Waals surface area contributed by atoms with Crippen molar-refractivity contribution in [2.24, 2.45) is 34.5 Å². The van der Waals surface area contributed by atoms with Gasteiger partial charge in [0.2, 0.25) is 0 Å². The number of ketones is 1. The maximum atomic E-state index is 14.3. The third-order valence-corrected chi connectivity index (χ3v) is 9.01. The first kappa shape index (κ1) is 23.4. The number of hydrogen-bond donors (Lipinski definition) is 2. The molecule has 0 radical (unpaired) electrons. The number of carbonyl (C=O) groups is 2. The van der Waals surface area contributed by atoms with Gasteiger partial charge in [0.15, 0.2) is 17.5 Å². The van der Waals surface area contributed by atoms with E-state index in [-0.39, 0.29) is 29.6 Å².